The molecule has 0 fully saturated rings. The number of hydrogen-bond acceptors (Lipinski definition) is 3. The van der Waals surface area contributed by atoms with E-state index in [2.05, 4.69) is 10.6 Å². The third kappa shape index (κ3) is 3.47. The highest BCUT2D eigenvalue weighted by atomic mass is 16.2. The number of nitrogens with two attached hydrogens (primary N) is 1. The minimum atomic E-state index is -0.726. The van der Waals surface area contributed by atoms with Crippen LogP contribution in [0.15, 0.2) is 24.3 Å². The minimum absolute atomic E-state index is 0.201. The molecule has 0 radical (unpaired) electrons. The Labute approximate surface area is 113 Å². The van der Waals surface area contributed by atoms with Gasteiger partial charge in [0.2, 0.25) is 11.8 Å². The van der Waals surface area contributed by atoms with Gasteiger partial charge in [0.25, 0.3) is 0 Å². The number of rotatable bonds is 4. The molecule has 0 spiro atoms. The van der Waals surface area contributed by atoms with Crippen LogP contribution in [-0.2, 0) is 15.0 Å². The van der Waals surface area contributed by atoms with Crippen molar-refractivity contribution in [2.75, 3.05) is 12.8 Å². The normalized spacial score (nSPS) is 12.6. The summed E-state index contributed by atoms with van der Waals surface area (Å²) < 4.78 is 0. The van der Waals surface area contributed by atoms with Crippen molar-refractivity contribution in [2.45, 2.75) is 32.2 Å². The van der Waals surface area contributed by atoms with E-state index >= 15 is 0 Å². The van der Waals surface area contributed by atoms with Gasteiger partial charge in [-0.1, -0.05) is 12.1 Å². The molecule has 19 heavy (non-hydrogen) atoms. The van der Waals surface area contributed by atoms with Crippen LogP contribution < -0.4 is 16.4 Å². The summed E-state index contributed by atoms with van der Waals surface area (Å²) in [7, 11) is 1.54. The average molecular weight is 263 g/mol. The fraction of sp³-hybridized carbons (Fsp3) is 0.429. The molecule has 0 aliphatic heterocycles. The van der Waals surface area contributed by atoms with E-state index < -0.39 is 11.5 Å². The minimum Gasteiger partial charge on any atom is -0.399 e. The number of carbonyl (C=O) groups is 2. The van der Waals surface area contributed by atoms with E-state index in [0.717, 1.165) is 5.56 Å². The number of benzene rings is 1. The van der Waals surface area contributed by atoms with Crippen molar-refractivity contribution < 1.29 is 9.59 Å². The van der Waals surface area contributed by atoms with Gasteiger partial charge in [-0.2, -0.15) is 0 Å². The summed E-state index contributed by atoms with van der Waals surface area (Å²) >= 11 is 0. The predicted molar refractivity (Wildman–Crippen MR) is 75.6 cm³/mol. The van der Waals surface area contributed by atoms with E-state index in [0.29, 0.717) is 5.69 Å². The van der Waals surface area contributed by atoms with Crippen LogP contribution in [0.25, 0.3) is 0 Å². The van der Waals surface area contributed by atoms with Crippen LogP contribution in [-0.4, -0.2) is 24.9 Å². The van der Waals surface area contributed by atoms with E-state index in [-0.39, 0.29) is 11.8 Å². The summed E-state index contributed by atoms with van der Waals surface area (Å²) in [5.74, 6) is -0.421. The monoisotopic (exact) mass is 263 g/mol. The molecule has 5 heteroatoms. The molecule has 4 N–H and O–H groups in total. The Bertz CT molecular complexity index is 466. The number of nitrogens with one attached hydrogen (secondary N) is 2. The summed E-state index contributed by atoms with van der Waals surface area (Å²) in [6.07, 6.45) is 0. The second-order valence-electron chi connectivity index (χ2n) is 5.06. The molecule has 0 bridgehead atoms. The van der Waals surface area contributed by atoms with Crippen molar-refractivity contribution in [3.63, 3.8) is 0 Å². The largest absolute Gasteiger partial charge is 0.399 e. The van der Waals surface area contributed by atoms with Gasteiger partial charge in [0.1, 0.15) is 6.04 Å². The van der Waals surface area contributed by atoms with Crippen molar-refractivity contribution in [1.82, 2.24) is 10.6 Å². The Hall–Kier alpha value is -2.04. The van der Waals surface area contributed by atoms with Gasteiger partial charge < -0.3 is 16.4 Å². The van der Waals surface area contributed by atoms with Crippen LogP contribution in [0.2, 0.25) is 0 Å². The van der Waals surface area contributed by atoms with E-state index in [1.165, 1.54) is 7.05 Å². The van der Waals surface area contributed by atoms with E-state index in [1.54, 1.807) is 19.1 Å². The topological polar surface area (TPSA) is 84.2 Å². The lowest BCUT2D eigenvalue weighted by atomic mass is 9.83. The molecule has 0 aromatic heterocycles. The first kappa shape index (κ1) is 15.0. The molecule has 1 aromatic carbocycles. The molecule has 0 saturated carbocycles. The Kier molecular flexibility index (Phi) is 4.53. The lowest BCUT2D eigenvalue weighted by molar-refractivity contribution is -0.131. The van der Waals surface area contributed by atoms with Gasteiger partial charge in [0.15, 0.2) is 0 Å². The first-order chi connectivity index (χ1) is 8.78. The lowest BCUT2D eigenvalue weighted by Gasteiger charge is -2.26. The third-order valence-corrected chi connectivity index (χ3v) is 3.19. The van der Waals surface area contributed by atoms with Gasteiger partial charge in [0, 0.05) is 12.7 Å². The maximum Gasteiger partial charge on any atom is 0.242 e. The standard InChI is InChI=1S/C14H21N3O2/c1-9(12(18)16-4)17-13(19)14(2,3)10-5-7-11(15)8-6-10/h5-9H,15H2,1-4H3,(H,16,18)(H,17,19). The van der Waals surface area contributed by atoms with Crippen molar-refractivity contribution in [1.29, 1.82) is 0 Å². The highest BCUT2D eigenvalue weighted by Crippen LogP contribution is 2.24. The van der Waals surface area contributed by atoms with Crippen molar-refractivity contribution >= 4 is 17.5 Å². The average Bonchev–Trinajstić information content (AvgIpc) is 2.38. The molecule has 2 amide bonds. The van der Waals surface area contributed by atoms with Crippen LogP contribution in [0, 0.1) is 0 Å². The van der Waals surface area contributed by atoms with Crippen LogP contribution >= 0.6 is 0 Å². The molecule has 1 rings (SSSR count). The number of nitrogen functional groups attached to an aromatic ring is 1. The fourth-order valence-corrected chi connectivity index (χ4v) is 1.69. The van der Waals surface area contributed by atoms with Gasteiger partial charge in [-0.05, 0) is 38.5 Å². The zero-order valence-electron chi connectivity index (χ0n) is 11.8. The molecule has 5 nitrogen and oxygen atoms in total. The summed E-state index contributed by atoms with van der Waals surface area (Å²) in [6, 6.07) is 6.59. The van der Waals surface area contributed by atoms with Crippen LogP contribution in [0.1, 0.15) is 26.3 Å². The molecule has 0 aliphatic rings. The van der Waals surface area contributed by atoms with Gasteiger partial charge in [-0.25, -0.2) is 0 Å². The lowest BCUT2D eigenvalue weighted by Crippen LogP contribution is -2.49. The number of amides is 2. The van der Waals surface area contributed by atoms with Crippen molar-refractivity contribution in [3.8, 4) is 0 Å². The molecule has 1 atom stereocenters. The van der Waals surface area contributed by atoms with E-state index in [4.69, 9.17) is 5.73 Å². The summed E-state index contributed by atoms with van der Waals surface area (Å²) in [5.41, 5.74) is 6.41. The highest BCUT2D eigenvalue weighted by molar-refractivity contribution is 5.92. The van der Waals surface area contributed by atoms with Gasteiger partial charge in [0.05, 0.1) is 5.41 Å². The molecule has 0 aliphatic carbocycles. The van der Waals surface area contributed by atoms with Crippen LogP contribution in [0.3, 0.4) is 0 Å². The second-order valence-corrected chi connectivity index (χ2v) is 5.06. The maximum absolute atomic E-state index is 12.3. The fourth-order valence-electron chi connectivity index (χ4n) is 1.69. The molecule has 104 valence electrons. The number of likely N-dealkylation sites (N-methyl/N-ethyl adjacent to an activating group) is 1. The SMILES string of the molecule is CNC(=O)C(C)NC(=O)C(C)(C)c1ccc(N)cc1. The van der Waals surface area contributed by atoms with Crippen LogP contribution in [0.5, 0.6) is 0 Å². The molecule has 1 aromatic rings. The Morgan fingerprint density at radius 3 is 2.21 bits per heavy atom. The summed E-state index contributed by atoms with van der Waals surface area (Å²) in [5, 5.41) is 5.20. The first-order valence-corrected chi connectivity index (χ1v) is 6.17. The smallest absolute Gasteiger partial charge is 0.242 e. The number of anilines is 1. The number of hydrogen-bond donors (Lipinski definition) is 3. The maximum atomic E-state index is 12.3. The zero-order chi connectivity index (χ0) is 14.6. The number of carbonyl (C=O) groups excluding carboxylic acids is 2. The summed E-state index contributed by atoms with van der Waals surface area (Å²) in [4.78, 5) is 23.7. The molecular formula is C14H21N3O2. The first-order valence-electron chi connectivity index (χ1n) is 6.17. The van der Waals surface area contributed by atoms with Gasteiger partial charge in [-0.3, -0.25) is 9.59 Å². The zero-order valence-corrected chi connectivity index (χ0v) is 11.8. The van der Waals surface area contributed by atoms with Crippen LogP contribution in [0.4, 0.5) is 5.69 Å². The van der Waals surface area contributed by atoms with E-state index in [1.807, 2.05) is 26.0 Å². The molecule has 1 unspecified atom stereocenters. The Morgan fingerprint density at radius 2 is 1.74 bits per heavy atom. The van der Waals surface area contributed by atoms with Crippen molar-refractivity contribution in [3.05, 3.63) is 29.8 Å². The van der Waals surface area contributed by atoms with Gasteiger partial charge in [-0.15, -0.1) is 0 Å². The van der Waals surface area contributed by atoms with Gasteiger partial charge >= 0.3 is 0 Å². The highest BCUT2D eigenvalue weighted by Gasteiger charge is 2.31. The quantitative estimate of drug-likeness (QED) is 0.702. The van der Waals surface area contributed by atoms with Crippen molar-refractivity contribution in [2.24, 2.45) is 0 Å². The second kappa shape index (κ2) is 5.73. The summed E-state index contributed by atoms with van der Waals surface area (Å²) in [6.45, 7) is 5.27. The Balaban J connectivity index is 2.85. The molecule has 0 heterocycles. The molecule has 0 saturated heterocycles. The third-order valence-electron chi connectivity index (χ3n) is 3.19. The Morgan fingerprint density at radius 1 is 1.21 bits per heavy atom. The van der Waals surface area contributed by atoms with E-state index in [9.17, 15) is 9.59 Å². The predicted octanol–water partition coefficient (Wildman–Crippen LogP) is 0.797. The molecular weight excluding hydrogens is 242 g/mol.